The molecular weight excluding hydrogens is 1420 g/mol. The summed E-state index contributed by atoms with van der Waals surface area (Å²) in [6.07, 6.45) is 11.6. The van der Waals surface area contributed by atoms with Gasteiger partial charge in [0.15, 0.2) is 0 Å². The predicted octanol–water partition coefficient (Wildman–Crippen LogP) is 25.2. The summed E-state index contributed by atoms with van der Waals surface area (Å²) in [7, 11) is 0. The molecule has 0 aliphatic carbocycles. The number of thiazole rings is 3. The zero-order valence-corrected chi connectivity index (χ0v) is 61.7. The van der Waals surface area contributed by atoms with Gasteiger partial charge in [-0.1, -0.05) is 265 Å². The first kappa shape index (κ1) is 64.0. The van der Waals surface area contributed by atoms with Crippen LogP contribution in [0.15, 0.2) is 365 Å². The van der Waals surface area contributed by atoms with E-state index in [1.807, 2.05) is 91.8 Å². The molecule has 24 aromatic rings. The molecular formula is C96H60N12S3. The minimum absolute atomic E-state index is 0.910. The van der Waals surface area contributed by atoms with Crippen molar-refractivity contribution in [2.75, 3.05) is 0 Å². The van der Waals surface area contributed by atoms with E-state index in [0.717, 1.165) is 103 Å². The predicted molar refractivity (Wildman–Crippen MR) is 462 cm³/mol. The van der Waals surface area contributed by atoms with E-state index in [-0.39, 0.29) is 0 Å². The van der Waals surface area contributed by atoms with Gasteiger partial charge in [0.1, 0.15) is 47.5 Å². The fraction of sp³-hybridized carbons (Fsp3) is 0. The monoisotopic (exact) mass is 1480 g/mol. The smallest absolute Gasteiger partial charge is 0.137 e. The average molecular weight is 1480 g/mol. The Morgan fingerprint density at radius 1 is 0.189 bits per heavy atom. The molecule has 522 valence electrons. The Bertz CT molecular complexity index is 7700. The number of fused-ring (bicyclic) bond motifs is 20. The topological polar surface area (TPSA) is 107 Å². The summed E-state index contributed by atoms with van der Waals surface area (Å²) in [5, 5.41) is 21.1. The van der Waals surface area contributed by atoms with Crippen LogP contribution in [0, 0.1) is 0 Å². The Hall–Kier alpha value is -14.2. The van der Waals surface area contributed by atoms with E-state index in [0.29, 0.717) is 0 Å². The van der Waals surface area contributed by atoms with Crippen LogP contribution in [-0.2, 0) is 0 Å². The lowest BCUT2D eigenvalue weighted by atomic mass is 10.1. The lowest BCUT2D eigenvalue weighted by Crippen LogP contribution is -1.99. The van der Waals surface area contributed by atoms with Crippen molar-refractivity contribution in [3.63, 3.8) is 0 Å². The van der Waals surface area contributed by atoms with Crippen LogP contribution in [0.2, 0.25) is 0 Å². The molecule has 12 aromatic carbocycles. The molecule has 111 heavy (non-hydrogen) atoms. The minimum Gasteiger partial charge on any atom is -0.299 e. The third-order valence-corrected chi connectivity index (χ3v) is 24.3. The maximum atomic E-state index is 4.84. The molecule has 0 fully saturated rings. The lowest BCUT2D eigenvalue weighted by Gasteiger charge is -2.10. The highest BCUT2D eigenvalue weighted by Gasteiger charge is 2.26. The largest absolute Gasteiger partial charge is 0.299 e. The maximum absolute atomic E-state index is 4.84. The van der Waals surface area contributed by atoms with Gasteiger partial charge in [-0.05, 0) is 97.1 Å². The lowest BCUT2D eigenvalue weighted by molar-refractivity contribution is 1.08. The molecule has 15 heteroatoms. The Kier molecular flexibility index (Phi) is 15.2. The Morgan fingerprint density at radius 2 is 0.486 bits per heavy atom. The third kappa shape index (κ3) is 10.4. The van der Waals surface area contributed by atoms with Gasteiger partial charge in [0.2, 0.25) is 0 Å². The highest BCUT2D eigenvalue weighted by molar-refractivity contribution is 7.18. The van der Waals surface area contributed by atoms with Crippen LogP contribution in [-0.4, -0.2) is 57.3 Å². The Balaban J connectivity index is 0.000000102. The summed E-state index contributed by atoms with van der Waals surface area (Å²) in [6.45, 7) is 0. The van der Waals surface area contributed by atoms with Gasteiger partial charge in [-0.3, -0.25) is 27.4 Å². The van der Waals surface area contributed by atoms with Gasteiger partial charge in [-0.2, -0.15) is 0 Å². The first-order valence-electron chi connectivity index (χ1n) is 36.8. The number of pyridine rings is 3. The molecule has 0 spiro atoms. The van der Waals surface area contributed by atoms with Crippen molar-refractivity contribution in [1.29, 1.82) is 0 Å². The van der Waals surface area contributed by atoms with E-state index in [4.69, 9.17) is 29.9 Å². The molecule has 24 rings (SSSR count). The summed E-state index contributed by atoms with van der Waals surface area (Å²) < 4.78 is 14.0. The first-order valence-corrected chi connectivity index (χ1v) is 39.2. The van der Waals surface area contributed by atoms with Gasteiger partial charge < -0.3 is 0 Å². The van der Waals surface area contributed by atoms with Crippen LogP contribution in [0.3, 0.4) is 0 Å². The second-order valence-electron chi connectivity index (χ2n) is 27.4. The molecule has 0 saturated heterocycles. The standard InChI is InChI=1S/3C32H20N4S/c1-2-10-21(11-3-1)32-34-20-29(37-32)36-27-15-7-5-13-23(27)25-18-17-24-22-12-4-6-14-26(22)35(30(24)31(25)36)28-16-8-9-19-33-28;1-2-10-21(11-3-1)32-34-20-29(37-32)36-25-15-7-5-13-23(25)31-27(36)18-17-26-30(31)22-12-4-6-14-24(22)35(26)28-16-8-9-19-33-28;1-2-10-21(11-3-1)32-34-20-31(37-32)36-27-15-7-5-13-23(27)25-18-24-22-12-4-6-14-26(22)35(28(24)19-29(25)36)30-16-8-9-17-33-30/h3*1-20H. The van der Waals surface area contributed by atoms with Gasteiger partial charge in [0.25, 0.3) is 0 Å². The molecule has 12 nitrogen and oxygen atoms in total. The molecule has 0 atom stereocenters. The molecule has 0 bridgehead atoms. The summed E-state index contributed by atoms with van der Waals surface area (Å²) in [4.78, 5) is 28.6. The zero-order chi connectivity index (χ0) is 73.0. The van der Waals surface area contributed by atoms with Crippen molar-refractivity contribution in [3.8, 4) is 64.2 Å². The molecule has 12 heterocycles. The maximum Gasteiger partial charge on any atom is 0.137 e. The number of para-hydroxylation sites is 6. The van der Waals surface area contributed by atoms with Crippen LogP contribution in [0.25, 0.3) is 195 Å². The summed E-state index contributed by atoms with van der Waals surface area (Å²) >= 11 is 5.16. The Morgan fingerprint density at radius 3 is 0.919 bits per heavy atom. The van der Waals surface area contributed by atoms with E-state index >= 15 is 0 Å². The van der Waals surface area contributed by atoms with Crippen LogP contribution in [0.1, 0.15) is 0 Å². The first-order chi connectivity index (χ1) is 55.1. The van der Waals surface area contributed by atoms with E-state index in [9.17, 15) is 0 Å². The Labute approximate surface area is 646 Å². The molecule has 0 saturated carbocycles. The van der Waals surface area contributed by atoms with Gasteiger partial charge in [0.05, 0.1) is 84.8 Å². The molecule has 12 aromatic heterocycles. The molecule has 0 unspecified atom stereocenters. The summed E-state index contributed by atoms with van der Waals surface area (Å²) in [6, 6.07) is 115. The number of nitrogens with zero attached hydrogens (tertiary/aromatic N) is 12. The van der Waals surface area contributed by atoms with Crippen molar-refractivity contribution in [1.82, 2.24) is 57.3 Å². The number of hydrogen-bond donors (Lipinski definition) is 0. The summed E-state index contributed by atoms with van der Waals surface area (Å²) in [5.41, 5.74) is 17.4. The fourth-order valence-electron chi connectivity index (χ4n) is 16.6. The molecule has 0 aliphatic heterocycles. The normalized spacial score (nSPS) is 11.8. The number of hydrogen-bond acceptors (Lipinski definition) is 9. The van der Waals surface area contributed by atoms with Crippen molar-refractivity contribution < 1.29 is 0 Å². The number of aromatic nitrogens is 12. The molecule has 0 N–H and O–H groups in total. The molecule has 0 aliphatic rings. The van der Waals surface area contributed by atoms with Crippen LogP contribution < -0.4 is 0 Å². The van der Waals surface area contributed by atoms with E-state index < -0.39 is 0 Å². The van der Waals surface area contributed by atoms with Crippen LogP contribution in [0.5, 0.6) is 0 Å². The molecule has 0 amide bonds. The quantitative estimate of drug-likeness (QED) is 0.142. The highest BCUT2D eigenvalue weighted by atomic mass is 32.1. The zero-order valence-electron chi connectivity index (χ0n) is 59.2. The van der Waals surface area contributed by atoms with E-state index in [1.54, 1.807) is 34.0 Å². The highest BCUT2D eigenvalue weighted by Crippen LogP contribution is 2.47. The van der Waals surface area contributed by atoms with Crippen LogP contribution >= 0.6 is 34.0 Å². The van der Waals surface area contributed by atoms with Gasteiger partial charge in [0, 0.05) is 99.9 Å². The van der Waals surface area contributed by atoms with E-state index in [1.165, 1.54) is 92.2 Å². The fourth-order valence-corrected chi connectivity index (χ4v) is 19.4. The van der Waals surface area contributed by atoms with Gasteiger partial charge in [-0.15, -0.1) is 0 Å². The number of rotatable bonds is 9. The van der Waals surface area contributed by atoms with Crippen molar-refractivity contribution >= 4 is 165 Å². The van der Waals surface area contributed by atoms with Crippen molar-refractivity contribution in [2.24, 2.45) is 0 Å². The van der Waals surface area contributed by atoms with Gasteiger partial charge >= 0.3 is 0 Å². The minimum atomic E-state index is 0.910. The molecule has 0 radical (unpaired) electrons. The number of benzene rings is 12. The second kappa shape index (κ2) is 26.3. The van der Waals surface area contributed by atoms with Crippen molar-refractivity contribution in [3.05, 3.63) is 365 Å². The summed E-state index contributed by atoms with van der Waals surface area (Å²) in [5.74, 6) is 2.75. The van der Waals surface area contributed by atoms with Crippen LogP contribution in [0.4, 0.5) is 0 Å². The second-order valence-corrected chi connectivity index (χ2v) is 30.4. The SMILES string of the molecule is c1ccc(-c2ncc(-n3c4ccccc4c4c5c6ccccc6n(-c6ccccn6)c5ccc43)s2)cc1.c1ccc(-c2ncc(-n3c4ccccc4c4cc5c6ccccc6n(-c6ccccn6)c5cc43)s2)cc1.c1ccc(-c2ncc(-n3c4ccccc4c4ccc5c6ccccc6n(-c6ccccn6)c5c43)s2)cc1. The van der Waals surface area contributed by atoms with Crippen molar-refractivity contribution in [2.45, 2.75) is 0 Å². The average Bonchev–Trinajstić information content (AvgIpc) is 1.55. The van der Waals surface area contributed by atoms with Gasteiger partial charge in [-0.25, -0.2) is 29.9 Å². The van der Waals surface area contributed by atoms with E-state index in [2.05, 4.69) is 300 Å². The third-order valence-electron chi connectivity index (χ3n) is 21.2.